The summed E-state index contributed by atoms with van der Waals surface area (Å²) in [5, 5.41) is 12.2. The lowest BCUT2D eigenvalue weighted by atomic mass is 10.1. The van der Waals surface area contributed by atoms with Crippen molar-refractivity contribution in [3.05, 3.63) is 53.6 Å². The maximum absolute atomic E-state index is 12.2. The highest BCUT2D eigenvalue weighted by atomic mass is 32.2. The highest BCUT2D eigenvalue weighted by molar-refractivity contribution is 7.90. The normalized spacial score (nSPS) is 11.2. The van der Waals surface area contributed by atoms with Crippen molar-refractivity contribution in [3.63, 3.8) is 0 Å². The third-order valence-corrected chi connectivity index (χ3v) is 4.50. The van der Waals surface area contributed by atoms with Gasteiger partial charge in [-0.3, -0.25) is 4.79 Å². The molecule has 2 rings (SSSR count). The second-order valence-electron chi connectivity index (χ2n) is 5.36. The molecule has 0 radical (unpaired) electrons. The van der Waals surface area contributed by atoms with Gasteiger partial charge in [-0.15, -0.1) is 0 Å². The summed E-state index contributed by atoms with van der Waals surface area (Å²) in [5.74, 6) is -0.674. The van der Waals surface area contributed by atoms with E-state index < -0.39 is 9.84 Å². The van der Waals surface area contributed by atoms with Gasteiger partial charge in [0, 0.05) is 17.5 Å². The van der Waals surface area contributed by atoms with Crippen LogP contribution in [-0.2, 0) is 16.3 Å². The van der Waals surface area contributed by atoms with E-state index in [4.69, 9.17) is 0 Å². The summed E-state index contributed by atoms with van der Waals surface area (Å²) in [5.41, 5.74) is 1.96. The third-order valence-electron chi connectivity index (χ3n) is 3.37. The van der Waals surface area contributed by atoms with Crippen LogP contribution in [0.5, 0.6) is 5.75 Å². The van der Waals surface area contributed by atoms with Crippen LogP contribution < -0.4 is 5.32 Å². The van der Waals surface area contributed by atoms with E-state index in [0.29, 0.717) is 11.3 Å². The van der Waals surface area contributed by atoms with Crippen molar-refractivity contribution in [2.45, 2.75) is 24.7 Å². The van der Waals surface area contributed by atoms with E-state index in [2.05, 4.69) is 12.2 Å². The molecule has 0 aliphatic rings. The standard InChI is InChI=1S/C17H19NO4S/c1-3-4-12-5-7-13(8-6-12)17(20)18-14-9-10-15(19)16(11-14)23(2,21)22/h5-11,19H,3-4H2,1-2H3,(H,18,20). The van der Waals surface area contributed by atoms with Crippen molar-refractivity contribution in [1.82, 2.24) is 0 Å². The molecule has 122 valence electrons. The van der Waals surface area contributed by atoms with Gasteiger partial charge in [0.2, 0.25) is 0 Å². The van der Waals surface area contributed by atoms with Gasteiger partial charge in [-0.25, -0.2) is 8.42 Å². The van der Waals surface area contributed by atoms with E-state index in [1.165, 1.54) is 18.2 Å². The van der Waals surface area contributed by atoms with E-state index in [-0.39, 0.29) is 16.6 Å². The fraction of sp³-hybridized carbons (Fsp3) is 0.235. The molecule has 6 heteroatoms. The van der Waals surface area contributed by atoms with Crippen molar-refractivity contribution in [2.24, 2.45) is 0 Å². The minimum Gasteiger partial charge on any atom is -0.507 e. The van der Waals surface area contributed by atoms with E-state index in [0.717, 1.165) is 24.7 Å². The van der Waals surface area contributed by atoms with Crippen LogP contribution in [0.15, 0.2) is 47.4 Å². The molecule has 5 nitrogen and oxygen atoms in total. The molecule has 0 aromatic heterocycles. The van der Waals surface area contributed by atoms with Crippen molar-refractivity contribution < 1.29 is 18.3 Å². The number of anilines is 1. The van der Waals surface area contributed by atoms with Crippen LogP contribution in [0.3, 0.4) is 0 Å². The molecule has 0 unspecified atom stereocenters. The Labute approximate surface area is 135 Å². The minimum atomic E-state index is -3.57. The molecule has 2 aromatic rings. The highest BCUT2D eigenvalue weighted by Crippen LogP contribution is 2.26. The average molecular weight is 333 g/mol. The Balaban J connectivity index is 2.20. The number of phenolic OH excluding ortho intramolecular Hbond substituents is 1. The number of amides is 1. The lowest BCUT2D eigenvalue weighted by Crippen LogP contribution is -2.12. The molecule has 23 heavy (non-hydrogen) atoms. The molecule has 1 amide bonds. The Morgan fingerprint density at radius 1 is 1.13 bits per heavy atom. The molecular weight excluding hydrogens is 314 g/mol. The molecule has 0 heterocycles. The summed E-state index contributed by atoms with van der Waals surface area (Å²) in [7, 11) is -3.57. The Hall–Kier alpha value is -2.34. The molecule has 0 saturated carbocycles. The Bertz CT molecular complexity index is 811. The number of nitrogens with one attached hydrogen (secondary N) is 1. The van der Waals surface area contributed by atoms with E-state index in [1.807, 2.05) is 12.1 Å². The van der Waals surface area contributed by atoms with Crippen LogP contribution in [-0.4, -0.2) is 25.7 Å². The molecule has 0 fully saturated rings. The first kappa shape index (κ1) is 17.0. The quantitative estimate of drug-likeness (QED) is 0.824. The van der Waals surface area contributed by atoms with Gasteiger partial charge in [-0.1, -0.05) is 25.5 Å². The van der Waals surface area contributed by atoms with Crippen LogP contribution in [0.2, 0.25) is 0 Å². The Kier molecular flexibility index (Phi) is 5.05. The lowest BCUT2D eigenvalue weighted by Gasteiger charge is -2.09. The Morgan fingerprint density at radius 2 is 1.78 bits per heavy atom. The summed E-state index contributed by atoms with van der Waals surface area (Å²) in [6.07, 6.45) is 2.99. The Morgan fingerprint density at radius 3 is 2.35 bits per heavy atom. The van der Waals surface area contributed by atoms with Crippen molar-refractivity contribution in [2.75, 3.05) is 11.6 Å². The van der Waals surface area contributed by atoms with Gasteiger partial charge >= 0.3 is 0 Å². The van der Waals surface area contributed by atoms with Crippen molar-refractivity contribution in [3.8, 4) is 5.75 Å². The summed E-state index contributed by atoms with van der Waals surface area (Å²) in [6.45, 7) is 2.09. The number of rotatable bonds is 5. The average Bonchev–Trinajstić information content (AvgIpc) is 2.49. The number of benzene rings is 2. The molecule has 0 bridgehead atoms. The number of phenols is 1. The van der Waals surface area contributed by atoms with Crippen LogP contribution in [0, 0.1) is 0 Å². The summed E-state index contributed by atoms with van der Waals surface area (Å²) in [4.78, 5) is 12.0. The van der Waals surface area contributed by atoms with E-state index in [9.17, 15) is 18.3 Å². The summed E-state index contributed by atoms with van der Waals surface area (Å²) < 4.78 is 23.2. The number of carbonyl (C=O) groups is 1. The number of hydrogen-bond acceptors (Lipinski definition) is 4. The molecular formula is C17H19NO4S. The van der Waals surface area contributed by atoms with Crippen LogP contribution in [0.4, 0.5) is 5.69 Å². The highest BCUT2D eigenvalue weighted by Gasteiger charge is 2.15. The van der Waals surface area contributed by atoms with Gasteiger partial charge in [0.25, 0.3) is 5.91 Å². The topological polar surface area (TPSA) is 83.5 Å². The van der Waals surface area contributed by atoms with Gasteiger partial charge in [-0.2, -0.15) is 0 Å². The minimum absolute atomic E-state index is 0.214. The number of hydrogen-bond donors (Lipinski definition) is 2. The van der Waals surface area contributed by atoms with Crippen LogP contribution in [0.25, 0.3) is 0 Å². The van der Waals surface area contributed by atoms with Gasteiger partial charge in [0.05, 0.1) is 0 Å². The molecule has 0 saturated heterocycles. The molecule has 2 aromatic carbocycles. The largest absolute Gasteiger partial charge is 0.507 e. The van der Waals surface area contributed by atoms with Gasteiger partial charge < -0.3 is 10.4 Å². The van der Waals surface area contributed by atoms with Crippen molar-refractivity contribution >= 4 is 21.4 Å². The second kappa shape index (κ2) is 6.83. The number of aromatic hydroxyl groups is 1. The molecule has 0 atom stereocenters. The van der Waals surface area contributed by atoms with Crippen molar-refractivity contribution in [1.29, 1.82) is 0 Å². The monoisotopic (exact) mass is 333 g/mol. The zero-order valence-electron chi connectivity index (χ0n) is 13.0. The summed E-state index contributed by atoms with van der Waals surface area (Å²) in [6, 6.07) is 11.2. The number of sulfone groups is 1. The maximum Gasteiger partial charge on any atom is 0.255 e. The first-order valence-corrected chi connectivity index (χ1v) is 9.13. The predicted molar refractivity (Wildman–Crippen MR) is 89.6 cm³/mol. The first-order chi connectivity index (χ1) is 10.8. The molecule has 0 spiro atoms. The predicted octanol–water partition coefficient (Wildman–Crippen LogP) is 3.00. The number of carbonyl (C=O) groups excluding carboxylic acids is 1. The summed E-state index contributed by atoms with van der Waals surface area (Å²) >= 11 is 0. The van der Waals surface area contributed by atoms with E-state index in [1.54, 1.807) is 12.1 Å². The second-order valence-corrected chi connectivity index (χ2v) is 7.34. The van der Waals surface area contributed by atoms with Crippen LogP contribution >= 0.6 is 0 Å². The fourth-order valence-electron chi connectivity index (χ4n) is 2.20. The molecule has 2 N–H and O–H groups in total. The van der Waals surface area contributed by atoms with Crippen LogP contribution in [0.1, 0.15) is 29.3 Å². The van der Waals surface area contributed by atoms with Gasteiger partial charge in [0.1, 0.15) is 10.6 Å². The van der Waals surface area contributed by atoms with E-state index >= 15 is 0 Å². The zero-order valence-corrected chi connectivity index (χ0v) is 13.9. The lowest BCUT2D eigenvalue weighted by molar-refractivity contribution is 0.102. The number of aryl methyl sites for hydroxylation is 1. The molecule has 0 aliphatic heterocycles. The first-order valence-electron chi connectivity index (χ1n) is 7.24. The maximum atomic E-state index is 12.2. The third kappa shape index (κ3) is 4.32. The SMILES string of the molecule is CCCc1ccc(C(=O)Nc2ccc(O)c(S(C)(=O)=O)c2)cc1. The zero-order chi connectivity index (χ0) is 17.0. The van der Waals surface area contributed by atoms with Gasteiger partial charge in [-0.05, 0) is 42.3 Å². The smallest absolute Gasteiger partial charge is 0.255 e. The molecule has 0 aliphatic carbocycles. The fourth-order valence-corrected chi connectivity index (χ4v) is 2.99. The van der Waals surface area contributed by atoms with Gasteiger partial charge in [0.15, 0.2) is 9.84 Å².